The van der Waals surface area contributed by atoms with Gasteiger partial charge in [-0.2, -0.15) is 4.79 Å². The molecule has 0 amide bonds. The van der Waals surface area contributed by atoms with E-state index in [0.717, 1.165) is 22.9 Å². The van der Waals surface area contributed by atoms with Crippen molar-refractivity contribution in [3.8, 4) is 11.5 Å². The number of aliphatic hydroxyl groups excluding tert-OH is 1. The number of benzene rings is 4. The second kappa shape index (κ2) is 15.3. The highest BCUT2D eigenvalue weighted by Gasteiger charge is 2.32. The van der Waals surface area contributed by atoms with Crippen molar-refractivity contribution in [2.24, 2.45) is 0 Å². The first kappa shape index (κ1) is 36.4. The van der Waals surface area contributed by atoms with Gasteiger partial charge < -0.3 is 20.1 Å². The number of rotatable bonds is 7. The van der Waals surface area contributed by atoms with Gasteiger partial charge in [0, 0.05) is 28.9 Å². The molecule has 0 saturated carbocycles. The predicted octanol–water partition coefficient (Wildman–Crippen LogP) is 6.79. The molecule has 1 N–H and O–H groups in total. The summed E-state index contributed by atoms with van der Waals surface area (Å²) in [5.74, 6) is 0.928. The summed E-state index contributed by atoms with van der Waals surface area (Å²) < 4.78 is 34.0. The average molecular weight is 629 g/mol. The molecule has 1 unspecified atom stereocenters. The van der Waals surface area contributed by atoms with Crippen LogP contribution in [-0.2, 0) is 21.9 Å². The van der Waals surface area contributed by atoms with Gasteiger partial charge in [-0.05, 0) is 53.5 Å². The molecule has 4 aromatic rings. The van der Waals surface area contributed by atoms with Crippen molar-refractivity contribution in [3.05, 3.63) is 136 Å². The molecule has 5 rings (SSSR count). The summed E-state index contributed by atoms with van der Waals surface area (Å²) >= 11 is 0. The number of aliphatic hydroxyl groups is 1. The van der Waals surface area contributed by atoms with Gasteiger partial charge in [-0.15, -0.1) is 0 Å². The van der Waals surface area contributed by atoms with E-state index in [1.807, 2.05) is 30.3 Å². The van der Waals surface area contributed by atoms with Crippen LogP contribution in [0.1, 0.15) is 60.0 Å². The lowest BCUT2D eigenvalue weighted by Gasteiger charge is -2.32. The molecule has 0 heterocycles. The van der Waals surface area contributed by atoms with E-state index in [1.54, 1.807) is 14.2 Å². The molecule has 8 nitrogen and oxygen atoms in total. The Labute approximate surface area is 266 Å². The fourth-order valence-electron chi connectivity index (χ4n) is 5.05. The number of hydrogen-bond acceptors (Lipinski definition) is 6. The monoisotopic (exact) mass is 628 g/mol. The highest BCUT2D eigenvalue weighted by Crippen LogP contribution is 2.42. The zero-order valence-electron chi connectivity index (χ0n) is 24.3. The largest absolute Gasteiger partial charge is 0.493 e. The van der Waals surface area contributed by atoms with Crippen LogP contribution in [0.15, 0.2) is 102 Å². The fourth-order valence-corrected chi connectivity index (χ4v) is 5.96. The van der Waals surface area contributed by atoms with E-state index in [4.69, 9.17) is 15.0 Å². The van der Waals surface area contributed by atoms with Crippen LogP contribution in [0.3, 0.4) is 0 Å². The predicted molar refractivity (Wildman–Crippen MR) is 179 cm³/mol. The number of ketones is 1. The minimum Gasteiger partial charge on any atom is -0.493 e. The molecule has 1 atom stereocenters. The lowest BCUT2D eigenvalue weighted by Crippen LogP contribution is -2.25. The number of fused-ring (bicyclic) bond motifs is 1. The highest BCUT2D eigenvalue weighted by molar-refractivity contribution is 7.90. The maximum Gasteiger partial charge on any atom is 0.362 e. The number of methoxy groups -OCH3 is 2. The van der Waals surface area contributed by atoms with E-state index in [1.165, 1.54) is 35.9 Å². The number of Topliss-reactive ketones (excluding diaryl/α,β-unsaturated/α-hetero) is 1. The summed E-state index contributed by atoms with van der Waals surface area (Å²) in [6.45, 7) is 2.25. The number of hydrogen-bond donors (Lipinski definition) is 1. The number of allylic oxidation sites excluding steroid dienone is 1. The maximum absolute atomic E-state index is 11.8. The lowest BCUT2D eigenvalue weighted by molar-refractivity contribution is -0.00436. The molecule has 9 heteroatoms. The van der Waals surface area contributed by atoms with E-state index in [2.05, 4.69) is 54.2 Å². The van der Waals surface area contributed by atoms with Crippen molar-refractivity contribution >= 4 is 27.4 Å². The van der Waals surface area contributed by atoms with Crippen molar-refractivity contribution in [2.45, 2.75) is 38.7 Å². The zero-order chi connectivity index (χ0) is 31.2. The molecule has 0 fully saturated rings. The number of carbonyl (C=O) groups is 1. The Bertz CT molecular complexity index is 1830. The van der Waals surface area contributed by atoms with Crippen molar-refractivity contribution < 1.29 is 32.6 Å². The third-order valence-corrected chi connectivity index (χ3v) is 8.64. The molecule has 0 spiro atoms. The minimum atomic E-state index is -3.40. The van der Waals surface area contributed by atoms with Crippen molar-refractivity contribution in [3.63, 3.8) is 0 Å². The first-order valence-corrected chi connectivity index (χ1v) is 15.2. The van der Waals surface area contributed by atoms with Crippen LogP contribution < -0.4 is 9.47 Å². The summed E-state index contributed by atoms with van der Waals surface area (Å²) in [5, 5.41) is 9.36. The Balaban J connectivity index is 0.000000325. The summed E-state index contributed by atoms with van der Waals surface area (Å²) in [7, 11) is -0.107. The molecule has 45 heavy (non-hydrogen) atoms. The molecule has 1 aliphatic rings. The van der Waals surface area contributed by atoms with Crippen LogP contribution in [0.25, 0.3) is 11.6 Å². The Morgan fingerprint density at radius 1 is 0.800 bits per heavy atom. The van der Waals surface area contributed by atoms with Crippen molar-refractivity contribution in [1.82, 2.24) is 0 Å². The highest BCUT2D eigenvalue weighted by atomic mass is 32.2. The van der Waals surface area contributed by atoms with Crippen LogP contribution in [-0.4, -0.2) is 50.3 Å². The average Bonchev–Trinajstić information content (AvgIpc) is 3.04. The molecular weight excluding hydrogens is 588 g/mol. The number of sulfone groups is 1. The van der Waals surface area contributed by atoms with E-state index >= 15 is 0 Å². The molecule has 0 bridgehead atoms. The second-order valence-corrected chi connectivity index (χ2v) is 12.0. The van der Waals surface area contributed by atoms with Gasteiger partial charge in [0.1, 0.15) is 0 Å². The van der Waals surface area contributed by atoms with Gasteiger partial charge >= 0.3 is 5.71 Å². The van der Waals surface area contributed by atoms with Crippen LogP contribution in [0.4, 0.5) is 0 Å². The first-order valence-electron chi connectivity index (χ1n) is 13.3. The molecule has 1 aliphatic carbocycles. The van der Waals surface area contributed by atoms with Crippen molar-refractivity contribution in [2.75, 3.05) is 20.5 Å². The maximum atomic E-state index is 11.8. The normalized spacial score (nSPS) is 13.0. The van der Waals surface area contributed by atoms with Crippen molar-refractivity contribution in [1.29, 1.82) is 0 Å². The summed E-state index contributed by atoms with van der Waals surface area (Å²) in [6, 6.07) is 29.0. The smallest absolute Gasteiger partial charge is 0.362 e. The molecule has 0 radical (unpaired) electrons. The number of nitrogens with zero attached hydrogens (tertiary/aromatic N) is 2. The van der Waals surface area contributed by atoms with E-state index in [-0.39, 0.29) is 43.0 Å². The van der Waals surface area contributed by atoms with Gasteiger partial charge in [0.15, 0.2) is 21.3 Å². The van der Waals surface area contributed by atoms with Crippen LogP contribution in [0.2, 0.25) is 0 Å². The van der Waals surface area contributed by atoms with Crippen LogP contribution >= 0.6 is 0 Å². The number of ether oxygens (including phenoxy) is 2. The van der Waals surface area contributed by atoms with Gasteiger partial charge in [0.05, 0.1) is 25.7 Å². The molecule has 236 valence electrons. The third kappa shape index (κ3) is 7.46. The molecule has 0 aromatic heterocycles. The van der Waals surface area contributed by atoms with Gasteiger partial charge in [-0.25, -0.2) is 8.42 Å². The Kier molecular flexibility index (Phi) is 12.3. The quantitative estimate of drug-likeness (QED) is 0.136. The minimum absolute atomic E-state index is 0. The Morgan fingerprint density at radius 2 is 1.40 bits per heavy atom. The molecular formula is C36H40N2O6S. The summed E-state index contributed by atoms with van der Waals surface area (Å²) in [5.41, 5.74) is 13.0. The first-order chi connectivity index (χ1) is 20.6. The van der Waals surface area contributed by atoms with Gasteiger partial charge in [0.2, 0.25) is 0 Å². The molecule has 0 aliphatic heterocycles. The number of carbonyl (C=O) groups excluding carboxylic acids is 1. The van der Waals surface area contributed by atoms with Crippen LogP contribution in [0, 0.1) is 0 Å². The third-order valence-electron chi connectivity index (χ3n) is 7.48. The Morgan fingerprint density at radius 3 is 1.96 bits per heavy atom. The summed E-state index contributed by atoms with van der Waals surface area (Å²) in [6.07, 6.45) is 3.83. The molecule has 4 aromatic carbocycles. The second-order valence-electron chi connectivity index (χ2n) is 10.1. The molecule has 0 saturated heterocycles. The van der Waals surface area contributed by atoms with E-state index in [0.29, 0.717) is 17.1 Å². The van der Waals surface area contributed by atoms with E-state index < -0.39 is 15.6 Å². The van der Waals surface area contributed by atoms with Crippen LogP contribution in [0.5, 0.6) is 11.5 Å². The standard InChI is InChI=1S/C23H24O3.C11H8N2O3S.2CH4/c1-23(18-7-5-4-6-8-18,19-11-9-17(16-24)10-12-19)20-13-14-21(25-2)22(15-20)26-3;1-17(15,16)10-4-2-3-8-7(10)5-6-9(13-12)11(8)14;;/h4-15,24H,16H2,1-3H3;2-6H,1H3;2*1H4. The topological polar surface area (TPSA) is 126 Å². The fraction of sp³-hybridized carbons (Fsp3) is 0.222. The Hall–Kier alpha value is -4.82. The van der Waals surface area contributed by atoms with E-state index in [9.17, 15) is 18.3 Å². The SMILES string of the molecule is C.C.COc1ccc(C(C)(c2ccccc2)c2ccc(CO)cc2)cc1OC.CS(=O)(=O)c1cccc2c1C=CC(=[N+]=[N-])C2=O. The lowest BCUT2D eigenvalue weighted by atomic mass is 9.71. The summed E-state index contributed by atoms with van der Waals surface area (Å²) in [4.78, 5) is 14.7. The zero-order valence-corrected chi connectivity index (χ0v) is 25.1. The van der Waals surface area contributed by atoms with Gasteiger partial charge in [-0.3, -0.25) is 4.79 Å². The van der Waals surface area contributed by atoms with Gasteiger partial charge in [0.25, 0.3) is 5.78 Å². The van der Waals surface area contributed by atoms with Gasteiger partial charge in [-0.1, -0.05) is 87.6 Å².